The highest BCUT2D eigenvalue weighted by Crippen LogP contribution is 2.32. The van der Waals surface area contributed by atoms with Crippen molar-refractivity contribution in [1.29, 1.82) is 0 Å². The maximum Gasteiger partial charge on any atom is 0.302 e. The molecule has 1 N–H and O–H groups in total. The van der Waals surface area contributed by atoms with Gasteiger partial charge in [-0.05, 0) is 43.6 Å². The minimum atomic E-state index is -0.330. The van der Waals surface area contributed by atoms with E-state index in [9.17, 15) is 14.9 Å². The second kappa shape index (κ2) is 7.92. The lowest BCUT2D eigenvalue weighted by molar-refractivity contribution is -0.383. The third-order valence-electron chi connectivity index (χ3n) is 4.99. The topological polar surface area (TPSA) is 101 Å². The standard InChI is InChI=1S/C19H22N4O4S/c1-12(24)27-10-15-11-28-19(20-15)16-8-14-6-13(9-22-4-2-3-5-22)7-17(23(25)26)18(14)21-16/h6-8,15,21H,2-5,9-11H2,1H3/t15-/m1/s1. The van der Waals surface area contributed by atoms with Crippen LogP contribution in [0.25, 0.3) is 10.9 Å². The Morgan fingerprint density at radius 3 is 2.89 bits per heavy atom. The van der Waals surface area contributed by atoms with Crippen molar-refractivity contribution in [2.75, 3.05) is 25.4 Å². The van der Waals surface area contributed by atoms with E-state index in [2.05, 4.69) is 14.9 Å². The van der Waals surface area contributed by atoms with Crippen molar-refractivity contribution >= 4 is 39.4 Å². The first kappa shape index (κ1) is 18.9. The van der Waals surface area contributed by atoms with Crippen molar-refractivity contribution in [3.05, 3.63) is 39.6 Å². The highest BCUT2D eigenvalue weighted by atomic mass is 32.2. The Balaban J connectivity index is 1.62. The zero-order valence-electron chi connectivity index (χ0n) is 15.6. The van der Waals surface area contributed by atoms with E-state index in [0.29, 0.717) is 5.52 Å². The number of aromatic amines is 1. The van der Waals surface area contributed by atoms with Gasteiger partial charge in [-0.15, -0.1) is 11.8 Å². The van der Waals surface area contributed by atoms with E-state index in [4.69, 9.17) is 4.74 Å². The number of benzene rings is 1. The van der Waals surface area contributed by atoms with Gasteiger partial charge in [0.1, 0.15) is 17.2 Å². The molecule has 1 saturated heterocycles. The maximum absolute atomic E-state index is 11.6. The molecule has 2 aliphatic rings. The van der Waals surface area contributed by atoms with Crippen molar-refractivity contribution in [2.24, 2.45) is 4.99 Å². The second-order valence-electron chi connectivity index (χ2n) is 7.20. The number of nitrogens with one attached hydrogen (secondary N) is 1. The molecule has 8 nitrogen and oxygen atoms in total. The molecule has 0 unspecified atom stereocenters. The van der Waals surface area contributed by atoms with Crippen molar-refractivity contribution in [3.8, 4) is 0 Å². The number of fused-ring (bicyclic) bond motifs is 1. The average Bonchev–Trinajstić information content (AvgIpc) is 3.39. The molecule has 0 radical (unpaired) electrons. The summed E-state index contributed by atoms with van der Waals surface area (Å²) in [5, 5.41) is 13.2. The predicted octanol–water partition coefficient (Wildman–Crippen LogP) is 3.10. The fourth-order valence-electron chi connectivity index (χ4n) is 3.70. The molecule has 1 fully saturated rings. The van der Waals surface area contributed by atoms with E-state index in [-0.39, 0.29) is 29.2 Å². The highest BCUT2D eigenvalue weighted by molar-refractivity contribution is 8.14. The molecule has 3 heterocycles. The van der Waals surface area contributed by atoms with Gasteiger partial charge in [0.05, 0.1) is 16.7 Å². The molecule has 0 spiro atoms. The first-order valence-corrected chi connectivity index (χ1v) is 10.3. The molecule has 4 rings (SSSR count). The van der Waals surface area contributed by atoms with Gasteiger partial charge in [0, 0.05) is 30.7 Å². The molecule has 0 amide bonds. The summed E-state index contributed by atoms with van der Waals surface area (Å²) in [5.74, 6) is 0.403. The number of esters is 1. The molecule has 1 atom stereocenters. The van der Waals surface area contributed by atoms with Gasteiger partial charge in [0.2, 0.25) is 0 Å². The summed E-state index contributed by atoms with van der Waals surface area (Å²) in [7, 11) is 0. The summed E-state index contributed by atoms with van der Waals surface area (Å²) >= 11 is 1.56. The lowest BCUT2D eigenvalue weighted by Crippen LogP contribution is -2.18. The van der Waals surface area contributed by atoms with Crippen LogP contribution in [0, 0.1) is 10.1 Å². The second-order valence-corrected chi connectivity index (χ2v) is 8.21. The van der Waals surface area contributed by atoms with Gasteiger partial charge in [-0.1, -0.05) is 0 Å². The highest BCUT2D eigenvalue weighted by Gasteiger charge is 2.24. The number of nitro groups is 1. The quantitative estimate of drug-likeness (QED) is 0.453. The number of nitro benzene ring substituents is 1. The Morgan fingerprint density at radius 2 is 2.18 bits per heavy atom. The van der Waals surface area contributed by atoms with Gasteiger partial charge in [-0.25, -0.2) is 0 Å². The van der Waals surface area contributed by atoms with Crippen LogP contribution < -0.4 is 0 Å². The van der Waals surface area contributed by atoms with Crippen molar-refractivity contribution in [2.45, 2.75) is 32.4 Å². The van der Waals surface area contributed by atoms with Gasteiger partial charge in [-0.2, -0.15) is 0 Å². The fraction of sp³-hybridized carbons (Fsp3) is 0.474. The van der Waals surface area contributed by atoms with Gasteiger partial charge in [-0.3, -0.25) is 24.8 Å². The molecule has 148 valence electrons. The monoisotopic (exact) mass is 402 g/mol. The molecule has 0 aliphatic carbocycles. The number of likely N-dealkylation sites (tertiary alicyclic amines) is 1. The van der Waals surface area contributed by atoms with Crippen LogP contribution in [0.1, 0.15) is 31.0 Å². The average molecular weight is 402 g/mol. The number of non-ortho nitro benzene ring substituents is 1. The summed E-state index contributed by atoms with van der Waals surface area (Å²) in [6.45, 7) is 4.45. The maximum atomic E-state index is 11.6. The third kappa shape index (κ3) is 4.05. The minimum Gasteiger partial charge on any atom is -0.464 e. The molecular formula is C19H22N4O4S. The van der Waals surface area contributed by atoms with E-state index in [1.165, 1.54) is 19.8 Å². The molecule has 0 bridgehead atoms. The minimum absolute atomic E-state index is 0.0870. The SMILES string of the molecule is CC(=O)OC[C@@H]1CSC(c2cc3cc(CN4CCCC4)cc([N+](=O)[O-])c3[nH]2)=N1. The lowest BCUT2D eigenvalue weighted by Gasteiger charge is -2.14. The molecule has 28 heavy (non-hydrogen) atoms. The zero-order chi connectivity index (χ0) is 19.7. The lowest BCUT2D eigenvalue weighted by atomic mass is 10.1. The van der Waals surface area contributed by atoms with Gasteiger partial charge >= 0.3 is 5.97 Å². The Bertz CT molecular complexity index is 949. The molecule has 9 heteroatoms. The van der Waals surface area contributed by atoms with Crippen LogP contribution >= 0.6 is 11.8 Å². The van der Waals surface area contributed by atoms with E-state index < -0.39 is 0 Å². The van der Waals surface area contributed by atoms with E-state index in [1.807, 2.05) is 12.1 Å². The third-order valence-corrected chi connectivity index (χ3v) is 6.14. The van der Waals surface area contributed by atoms with Gasteiger partial charge in [0.25, 0.3) is 5.69 Å². The van der Waals surface area contributed by atoms with Gasteiger partial charge < -0.3 is 9.72 Å². The van der Waals surface area contributed by atoms with Crippen LogP contribution in [0.2, 0.25) is 0 Å². The Kier molecular flexibility index (Phi) is 5.36. The summed E-state index contributed by atoms with van der Waals surface area (Å²) < 4.78 is 5.03. The van der Waals surface area contributed by atoms with Crippen LogP contribution in [0.3, 0.4) is 0 Å². The summed E-state index contributed by atoms with van der Waals surface area (Å²) in [6.07, 6.45) is 2.37. The number of H-pyrrole nitrogens is 1. The van der Waals surface area contributed by atoms with Crippen molar-refractivity contribution in [1.82, 2.24) is 9.88 Å². The largest absolute Gasteiger partial charge is 0.464 e. The first-order valence-electron chi connectivity index (χ1n) is 9.36. The number of hydrogen-bond donors (Lipinski definition) is 1. The van der Waals surface area contributed by atoms with E-state index in [0.717, 1.165) is 47.1 Å². The fourth-order valence-corrected chi connectivity index (χ4v) is 4.71. The predicted molar refractivity (Wildman–Crippen MR) is 109 cm³/mol. The summed E-state index contributed by atoms with van der Waals surface area (Å²) in [4.78, 5) is 32.4. The summed E-state index contributed by atoms with van der Waals surface area (Å²) in [5.41, 5.74) is 2.35. The van der Waals surface area contributed by atoms with Crippen molar-refractivity contribution in [3.63, 3.8) is 0 Å². The van der Waals surface area contributed by atoms with Crippen LogP contribution in [0.15, 0.2) is 23.2 Å². The number of nitrogens with zero attached hydrogens (tertiary/aromatic N) is 3. The number of aromatic nitrogens is 1. The van der Waals surface area contributed by atoms with Crippen molar-refractivity contribution < 1.29 is 14.5 Å². The number of hydrogen-bond acceptors (Lipinski definition) is 7. The number of aliphatic imine (C=N–C) groups is 1. The van der Waals surface area contributed by atoms with Crippen LogP contribution in [-0.4, -0.2) is 57.3 Å². The molecule has 1 aromatic carbocycles. The van der Waals surface area contributed by atoms with E-state index >= 15 is 0 Å². The van der Waals surface area contributed by atoms with Gasteiger partial charge in [0.15, 0.2) is 0 Å². The molecule has 0 saturated carbocycles. The number of thioether (sulfide) groups is 1. The zero-order valence-corrected chi connectivity index (χ0v) is 16.5. The molecule has 2 aromatic rings. The number of carbonyl (C=O) groups is 1. The van der Waals surface area contributed by atoms with E-state index in [1.54, 1.807) is 17.8 Å². The van der Waals surface area contributed by atoms with Crippen LogP contribution in [-0.2, 0) is 16.1 Å². The first-order chi connectivity index (χ1) is 13.5. The molecule has 1 aromatic heterocycles. The number of rotatable bonds is 6. The summed E-state index contributed by atoms with van der Waals surface area (Å²) in [6, 6.07) is 5.54. The number of carbonyl (C=O) groups excluding carboxylic acids is 1. The van der Waals surface area contributed by atoms with Crippen LogP contribution in [0.5, 0.6) is 0 Å². The Morgan fingerprint density at radius 1 is 1.39 bits per heavy atom. The molecule has 2 aliphatic heterocycles. The smallest absolute Gasteiger partial charge is 0.302 e. The molecular weight excluding hydrogens is 380 g/mol. The van der Waals surface area contributed by atoms with Crippen LogP contribution in [0.4, 0.5) is 5.69 Å². The normalized spacial score (nSPS) is 19.9. The Labute approximate surface area is 166 Å². The Hall–Kier alpha value is -2.39. The number of ether oxygens (including phenoxy) is 1.